The average Bonchev–Trinajstić information content (AvgIpc) is 2.70. The minimum atomic E-state index is 1.000. The number of hydrogen-bond acceptors (Lipinski definition) is 1. The van der Waals surface area contributed by atoms with Gasteiger partial charge in [-0.15, -0.1) is 0 Å². The van der Waals surface area contributed by atoms with Gasteiger partial charge in [-0.2, -0.15) is 0 Å². The minimum Gasteiger partial charge on any atom is -0.359 e. The molecule has 1 aromatic rings. The molecule has 0 spiro atoms. The summed E-state index contributed by atoms with van der Waals surface area (Å²) in [7, 11) is 0. The summed E-state index contributed by atoms with van der Waals surface area (Å²) < 4.78 is 0. The predicted octanol–water partition coefficient (Wildman–Crippen LogP) is 3.95. The van der Waals surface area contributed by atoms with Crippen LogP contribution in [0.5, 0.6) is 0 Å². The van der Waals surface area contributed by atoms with E-state index in [1.165, 1.54) is 16.8 Å². The molecule has 1 aliphatic rings. The highest BCUT2D eigenvalue weighted by molar-refractivity contribution is 6.04. The van der Waals surface area contributed by atoms with Gasteiger partial charge in [-0.1, -0.05) is 12.7 Å². The van der Waals surface area contributed by atoms with Crippen LogP contribution in [0.15, 0.2) is 40.6 Å². The van der Waals surface area contributed by atoms with Crippen LogP contribution in [0.4, 0.5) is 0 Å². The van der Waals surface area contributed by atoms with Gasteiger partial charge in [0, 0.05) is 22.7 Å². The van der Waals surface area contributed by atoms with Crippen LogP contribution in [0.1, 0.15) is 30.8 Å². The zero-order chi connectivity index (χ0) is 12.6. The smallest absolute Gasteiger partial charge is 0.0729 e. The highest BCUT2D eigenvalue weighted by Crippen LogP contribution is 2.28. The summed E-state index contributed by atoms with van der Waals surface area (Å²) >= 11 is 0. The first kappa shape index (κ1) is 11.6. The number of aliphatic imine (C=N–C) groups is 1. The number of aryl methyl sites for hydroxylation is 2. The van der Waals surface area contributed by atoms with E-state index in [-0.39, 0.29) is 0 Å². The van der Waals surface area contributed by atoms with Crippen molar-refractivity contribution in [1.29, 1.82) is 0 Å². The first-order chi connectivity index (χ1) is 8.02. The maximum atomic E-state index is 4.58. The average molecular weight is 226 g/mol. The Morgan fingerprint density at radius 3 is 2.47 bits per heavy atom. The van der Waals surface area contributed by atoms with Gasteiger partial charge in [0.15, 0.2) is 0 Å². The van der Waals surface area contributed by atoms with E-state index >= 15 is 0 Å². The lowest BCUT2D eigenvalue weighted by Crippen LogP contribution is -1.87. The normalized spacial score (nSPS) is 17.9. The largest absolute Gasteiger partial charge is 0.359 e. The van der Waals surface area contributed by atoms with E-state index in [1.807, 2.05) is 13.0 Å². The first-order valence-corrected chi connectivity index (χ1v) is 5.80. The maximum Gasteiger partial charge on any atom is 0.0729 e. The fourth-order valence-electron chi connectivity index (χ4n) is 2.12. The third-order valence-electron chi connectivity index (χ3n) is 3.19. The van der Waals surface area contributed by atoms with Crippen molar-refractivity contribution in [2.45, 2.75) is 27.7 Å². The Hall–Kier alpha value is -1.83. The van der Waals surface area contributed by atoms with Crippen molar-refractivity contribution < 1.29 is 0 Å². The minimum absolute atomic E-state index is 1.000. The van der Waals surface area contributed by atoms with Crippen LogP contribution in [-0.4, -0.2) is 10.7 Å². The zero-order valence-corrected chi connectivity index (χ0v) is 10.9. The molecule has 0 aromatic carbocycles. The lowest BCUT2D eigenvalue weighted by molar-refractivity contribution is 1.24. The van der Waals surface area contributed by atoms with Crippen molar-refractivity contribution in [3.63, 3.8) is 0 Å². The molecule has 1 N–H and O–H groups in total. The molecule has 0 bridgehead atoms. The van der Waals surface area contributed by atoms with E-state index in [1.54, 1.807) is 0 Å². The van der Waals surface area contributed by atoms with E-state index in [9.17, 15) is 0 Å². The molecule has 2 rings (SSSR count). The Morgan fingerprint density at radius 2 is 1.94 bits per heavy atom. The van der Waals surface area contributed by atoms with Gasteiger partial charge < -0.3 is 4.98 Å². The van der Waals surface area contributed by atoms with Gasteiger partial charge in [0.1, 0.15) is 0 Å². The number of allylic oxidation sites excluding steroid dienone is 2. The molecule has 17 heavy (non-hydrogen) atoms. The molecular weight excluding hydrogens is 208 g/mol. The first-order valence-electron chi connectivity index (χ1n) is 5.80. The molecule has 1 aliphatic heterocycles. The van der Waals surface area contributed by atoms with E-state index in [0.29, 0.717) is 0 Å². The number of aromatic amines is 1. The predicted molar refractivity (Wildman–Crippen MR) is 74.2 cm³/mol. The Balaban J connectivity index is 2.49. The highest BCUT2D eigenvalue weighted by Gasteiger charge is 2.15. The van der Waals surface area contributed by atoms with Gasteiger partial charge in [0.2, 0.25) is 0 Å². The van der Waals surface area contributed by atoms with Gasteiger partial charge in [-0.3, -0.25) is 4.99 Å². The van der Waals surface area contributed by atoms with Crippen LogP contribution in [-0.2, 0) is 0 Å². The maximum absolute atomic E-state index is 4.58. The van der Waals surface area contributed by atoms with Crippen molar-refractivity contribution in [3.8, 4) is 0 Å². The third kappa shape index (κ3) is 2.03. The van der Waals surface area contributed by atoms with Crippen LogP contribution in [0.2, 0.25) is 0 Å². The van der Waals surface area contributed by atoms with Gasteiger partial charge in [-0.25, -0.2) is 0 Å². The lowest BCUT2D eigenvalue weighted by atomic mass is 10.1. The Bertz CT molecular complexity index is 566. The summed E-state index contributed by atoms with van der Waals surface area (Å²) in [5, 5.41) is 0. The second kappa shape index (κ2) is 4.21. The van der Waals surface area contributed by atoms with E-state index in [0.717, 1.165) is 22.7 Å². The molecular formula is C15H18N2. The molecule has 0 atom stereocenters. The van der Waals surface area contributed by atoms with Crippen LogP contribution >= 0.6 is 0 Å². The Morgan fingerprint density at radius 1 is 1.24 bits per heavy atom. The summed E-state index contributed by atoms with van der Waals surface area (Å²) in [5.74, 6) is 0. The van der Waals surface area contributed by atoms with Crippen LogP contribution in [0, 0.1) is 13.8 Å². The molecule has 0 saturated heterocycles. The number of H-pyrrole nitrogens is 1. The summed E-state index contributed by atoms with van der Waals surface area (Å²) in [6, 6.07) is 2.14. The van der Waals surface area contributed by atoms with Crippen LogP contribution < -0.4 is 0 Å². The molecule has 1 aromatic heterocycles. The SMILES string of the molecule is C=CC1=C(C)C(C)=N/C1=C\c1[nH]c(C)cc1C. The fourth-order valence-corrected chi connectivity index (χ4v) is 2.12. The van der Waals surface area contributed by atoms with E-state index < -0.39 is 0 Å². The number of nitrogens with one attached hydrogen (secondary N) is 1. The van der Waals surface area contributed by atoms with Gasteiger partial charge in [0.05, 0.1) is 5.70 Å². The fraction of sp³-hybridized carbons (Fsp3) is 0.267. The quantitative estimate of drug-likeness (QED) is 0.791. The van der Waals surface area contributed by atoms with Crippen molar-refractivity contribution in [2.24, 2.45) is 4.99 Å². The van der Waals surface area contributed by atoms with Crippen molar-refractivity contribution in [3.05, 3.63) is 52.5 Å². The second-order valence-electron chi connectivity index (χ2n) is 4.52. The van der Waals surface area contributed by atoms with Crippen molar-refractivity contribution >= 4 is 11.8 Å². The second-order valence-corrected chi connectivity index (χ2v) is 4.52. The molecule has 2 heteroatoms. The summed E-state index contributed by atoms with van der Waals surface area (Å²) in [6.45, 7) is 12.2. The van der Waals surface area contributed by atoms with Crippen LogP contribution in [0.25, 0.3) is 6.08 Å². The number of rotatable bonds is 2. The molecule has 2 nitrogen and oxygen atoms in total. The topological polar surface area (TPSA) is 28.1 Å². The molecule has 88 valence electrons. The molecule has 2 heterocycles. The van der Waals surface area contributed by atoms with E-state index in [4.69, 9.17) is 0 Å². The van der Waals surface area contributed by atoms with Gasteiger partial charge in [0.25, 0.3) is 0 Å². The number of hydrogen-bond donors (Lipinski definition) is 1. The van der Waals surface area contributed by atoms with Gasteiger partial charge in [-0.05, 0) is 51.0 Å². The Kier molecular flexibility index (Phi) is 2.88. The van der Waals surface area contributed by atoms with E-state index in [2.05, 4.69) is 49.5 Å². The monoisotopic (exact) mass is 226 g/mol. The third-order valence-corrected chi connectivity index (χ3v) is 3.19. The lowest BCUT2D eigenvalue weighted by Gasteiger charge is -1.99. The molecule has 0 fully saturated rings. The summed E-state index contributed by atoms with van der Waals surface area (Å²) in [6.07, 6.45) is 3.98. The number of aromatic nitrogens is 1. The van der Waals surface area contributed by atoms with Crippen LogP contribution in [0.3, 0.4) is 0 Å². The van der Waals surface area contributed by atoms with Crippen molar-refractivity contribution in [2.75, 3.05) is 0 Å². The molecule has 0 unspecified atom stereocenters. The molecule has 0 amide bonds. The highest BCUT2D eigenvalue weighted by atomic mass is 14.8. The van der Waals surface area contributed by atoms with Crippen molar-refractivity contribution in [1.82, 2.24) is 4.98 Å². The molecule has 0 saturated carbocycles. The summed E-state index contributed by atoms with van der Waals surface area (Å²) in [4.78, 5) is 7.92. The number of nitrogens with zero attached hydrogens (tertiary/aromatic N) is 1. The zero-order valence-electron chi connectivity index (χ0n) is 10.9. The summed E-state index contributed by atoms with van der Waals surface area (Å²) in [5.41, 5.74) is 7.97. The standard InChI is InChI=1S/C15H18N2/c1-6-13-11(4)12(5)17-15(13)8-14-9(2)7-10(3)16-14/h6-8,16H,1H2,2-5H3/b15-8-. The Labute approximate surface area is 102 Å². The molecule has 0 aliphatic carbocycles. The molecule has 0 radical (unpaired) electrons. The van der Waals surface area contributed by atoms with Gasteiger partial charge >= 0.3 is 0 Å².